The molecule has 0 aliphatic rings. The predicted octanol–water partition coefficient (Wildman–Crippen LogP) is 3.01. The van der Waals surface area contributed by atoms with Crippen LogP contribution in [-0.4, -0.2) is 15.8 Å². The third kappa shape index (κ3) is 2.97. The summed E-state index contributed by atoms with van der Waals surface area (Å²) in [4.78, 5) is 14.9. The van der Waals surface area contributed by atoms with Crippen molar-refractivity contribution in [2.24, 2.45) is 0 Å². The molecule has 1 aromatic heterocycles. The molecule has 0 unspecified atom stereocenters. The zero-order valence-corrected chi connectivity index (χ0v) is 10.5. The van der Waals surface area contributed by atoms with E-state index < -0.39 is 0 Å². The molecule has 0 radical (unpaired) electrons. The van der Waals surface area contributed by atoms with Crippen molar-refractivity contribution in [3.8, 4) is 0 Å². The summed E-state index contributed by atoms with van der Waals surface area (Å²) in [5.41, 5.74) is 1.76. The summed E-state index contributed by atoms with van der Waals surface area (Å²) in [6, 6.07) is 10.2. The summed E-state index contributed by atoms with van der Waals surface area (Å²) in [6.07, 6.45) is 2.58. The average Bonchev–Trinajstić information content (AvgIpc) is 2.80. The Hall–Kier alpha value is -1.55. The minimum Gasteiger partial charge on any atom is -0.326 e. The van der Waals surface area contributed by atoms with Gasteiger partial charge in [0.15, 0.2) is 11.4 Å². The van der Waals surface area contributed by atoms with Gasteiger partial charge in [0.25, 0.3) is 0 Å². The fraction of sp³-hybridized carbons (Fsp3) is 0.231. The predicted molar refractivity (Wildman–Crippen MR) is 69.3 cm³/mol. The van der Waals surface area contributed by atoms with Crippen LogP contribution in [0.15, 0.2) is 41.7 Å². The lowest BCUT2D eigenvalue weighted by Crippen LogP contribution is -1.94. The fourth-order valence-electron chi connectivity index (χ4n) is 1.54. The molecule has 1 aromatic carbocycles. The lowest BCUT2D eigenvalue weighted by molar-refractivity contribution is 0.111. The molecule has 0 amide bonds. The van der Waals surface area contributed by atoms with E-state index in [4.69, 9.17) is 0 Å². The monoisotopic (exact) mass is 246 g/mol. The standard InChI is InChI=1S/C13H14N2OS/c1-2-15-8-12(9-16)14-13(15)17-10-11-6-4-3-5-7-11/h3-9H,2,10H2,1H3. The Balaban J connectivity index is 2.08. The van der Waals surface area contributed by atoms with Gasteiger partial charge < -0.3 is 4.57 Å². The van der Waals surface area contributed by atoms with Crippen LogP contribution < -0.4 is 0 Å². The van der Waals surface area contributed by atoms with E-state index in [9.17, 15) is 4.79 Å². The SMILES string of the molecule is CCn1cc(C=O)nc1SCc1ccccc1. The summed E-state index contributed by atoms with van der Waals surface area (Å²) in [5, 5.41) is 0.901. The Morgan fingerprint density at radius 1 is 1.35 bits per heavy atom. The second-order valence-electron chi connectivity index (χ2n) is 3.63. The topological polar surface area (TPSA) is 34.9 Å². The zero-order valence-electron chi connectivity index (χ0n) is 9.67. The van der Waals surface area contributed by atoms with Gasteiger partial charge in [-0.25, -0.2) is 4.98 Å². The maximum Gasteiger partial charge on any atom is 0.170 e. The minimum atomic E-state index is 0.502. The van der Waals surface area contributed by atoms with Gasteiger partial charge >= 0.3 is 0 Å². The number of nitrogens with zero attached hydrogens (tertiary/aromatic N) is 2. The second-order valence-corrected chi connectivity index (χ2v) is 4.57. The summed E-state index contributed by atoms with van der Waals surface area (Å²) in [6.45, 7) is 2.88. The molecule has 0 saturated carbocycles. The lowest BCUT2D eigenvalue weighted by atomic mass is 10.2. The quantitative estimate of drug-likeness (QED) is 0.601. The number of benzene rings is 1. The van der Waals surface area contributed by atoms with Crippen LogP contribution in [0.2, 0.25) is 0 Å². The second kappa shape index (κ2) is 5.68. The highest BCUT2D eigenvalue weighted by molar-refractivity contribution is 7.98. The molecule has 4 heteroatoms. The highest BCUT2D eigenvalue weighted by Crippen LogP contribution is 2.21. The molecule has 0 aliphatic heterocycles. The summed E-state index contributed by atoms with van der Waals surface area (Å²) in [5.74, 6) is 0.871. The molecule has 2 aromatic rings. The van der Waals surface area contributed by atoms with Crippen LogP contribution in [0, 0.1) is 0 Å². The Bertz CT molecular complexity index is 493. The third-order valence-corrected chi connectivity index (χ3v) is 3.49. The molecule has 3 nitrogen and oxygen atoms in total. The number of carbonyl (C=O) groups excluding carboxylic acids is 1. The van der Waals surface area contributed by atoms with Crippen LogP contribution in [0.5, 0.6) is 0 Å². The van der Waals surface area contributed by atoms with Crippen LogP contribution in [0.3, 0.4) is 0 Å². The average molecular weight is 246 g/mol. The van der Waals surface area contributed by atoms with E-state index in [0.717, 1.165) is 23.7 Å². The van der Waals surface area contributed by atoms with Crippen molar-refractivity contribution in [2.45, 2.75) is 24.4 Å². The first-order valence-corrected chi connectivity index (χ1v) is 6.51. The number of aryl methyl sites for hydroxylation is 1. The number of aromatic nitrogens is 2. The smallest absolute Gasteiger partial charge is 0.170 e. The highest BCUT2D eigenvalue weighted by atomic mass is 32.2. The van der Waals surface area contributed by atoms with Crippen LogP contribution >= 0.6 is 11.8 Å². The number of rotatable bonds is 5. The fourth-order valence-corrected chi connectivity index (χ4v) is 2.54. The maximum atomic E-state index is 10.7. The molecule has 0 aliphatic carbocycles. The molecule has 17 heavy (non-hydrogen) atoms. The molecule has 0 N–H and O–H groups in total. The summed E-state index contributed by atoms with van der Waals surface area (Å²) >= 11 is 1.65. The highest BCUT2D eigenvalue weighted by Gasteiger charge is 2.06. The first-order valence-electron chi connectivity index (χ1n) is 5.52. The van der Waals surface area contributed by atoms with Gasteiger partial charge in [-0.3, -0.25) is 4.79 Å². The van der Waals surface area contributed by atoms with Crippen molar-refractivity contribution in [1.82, 2.24) is 9.55 Å². The van der Waals surface area contributed by atoms with E-state index in [-0.39, 0.29) is 0 Å². The number of hydrogen-bond acceptors (Lipinski definition) is 3. The van der Waals surface area contributed by atoms with Gasteiger partial charge in [-0.2, -0.15) is 0 Å². The van der Waals surface area contributed by atoms with Gasteiger partial charge in [0.1, 0.15) is 5.69 Å². The zero-order chi connectivity index (χ0) is 12.1. The first kappa shape index (κ1) is 11.9. The number of thioether (sulfide) groups is 1. The van der Waals surface area contributed by atoms with Gasteiger partial charge in [-0.1, -0.05) is 42.1 Å². The normalized spacial score (nSPS) is 10.4. The van der Waals surface area contributed by atoms with E-state index in [2.05, 4.69) is 17.1 Å². The molecule has 0 saturated heterocycles. The summed E-state index contributed by atoms with van der Waals surface area (Å²) in [7, 11) is 0. The van der Waals surface area contributed by atoms with Crippen molar-refractivity contribution < 1.29 is 4.79 Å². The largest absolute Gasteiger partial charge is 0.326 e. The molecular formula is C13H14N2OS. The van der Waals surface area contributed by atoms with Crippen molar-refractivity contribution in [1.29, 1.82) is 0 Å². The molecule has 1 heterocycles. The van der Waals surface area contributed by atoms with Crippen LogP contribution in [0.25, 0.3) is 0 Å². The van der Waals surface area contributed by atoms with Crippen LogP contribution in [0.4, 0.5) is 0 Å². The van der Waals surface area contributed by atoms with Crippen molar-refractivity contribution in [3.05, 3.63) is 47.8 Å². The van der Waals surface area contributed by atoms with Crippen LogP contribution in [0.1, 0.15) is 23.0 Å². The Morgan fingerprint density at radius 2 is 2.12 bits per heavy atom. The van der Waals surface area contributed by atoms with Gasteiger partial charge in [0.05, 0.1) is 0 Å². The van der Waals surface area contributed by atoms with Crippen molar-refractivity contribution in [2.75, 3.05) is 0 Å². The molecule has 0 bridgehead atoms. The van der Waals surface area contributed by atoms with Crippen molar-refractivity contribution in [3.63, 3.8) is 0 Å². The van der Waals surface area contributed by atoms with Gasteiger partial charge in [-0.05, 0) is 12.5 Å². The molecule has 2 rings (SSSR count). The van der Waals surface area contributed by atoms with Gasteiger partial charge in [0.2, 0.25) is 0 Å². The maximum absolute atomic E-state index is 10.7. The first-order chi connectivity index (χ1) is 8.33. The number of imidazole rings is 1. The number of aldehydes is 1. The minimum absolute atomic E-state index is 0.502. The molecule has 0 spiro atoms. The van der Waals surface area contributed by atoms with Gasteiger partial charge in [0, 0.05) is 18.5 Å². The molecule has 88 valence electrons. The Kier molecular flexibility index (Phi) is 3.98. The van der Waals surface area contributed by atoms with Gasteiger partial charge in [-0.15, -0.1) is 0 Å². The number of hydrogen-bond donors (Lipinski definition) is 0. The Labute approximate surface area is 105 Å². The van der Waals surface area contributed by atoms with E-state index >= 15 is 0 Å². The molecule has 0 fully saturated rings. The van der Waals surface area contributed by atoms with Crippen LogP contribution in [-0.2, 0) is 12.3 Å². The third-order valence-electron chi connectivity index (χ3n) is 2.43. The summed E-state index contributed by atoms with van der Waals surface area (Å²) < 4.78 is 2.00. The molecule has 0 atom stereocenters. The lowest BCUT2D eigenvalue weighted by Gasteiger charge is -2.03. The van der Waals surface area contributed by atoms with Crippen molar-refractivity contribution >= 4 is 18.0 Å². The van der Waals surface area contributed by atoms with E-state index in [1.807, 2.05) is 29.7 Å². The Morgan fingerprint density at radius 3 is 2.76 bits per heavy atom. The van der Waals surface area contributed by atoms with E-state index in [1.165, 1.54) is 5.56 Å². The van der Waals surface area contributed by atoms with E-state index in [1.54, 1.807) is 18.0 Å². The number of carbonyl (C=O) groups is 1. The molecular weight excluding hydrogens is 232 g/mol. The van der Waals surface area contributed by atoms with E-state index in [0.29, 0.717) is 5.69 Å².